The van der Waals surface area contributed by atoms with Gasteiger partial charge in [0.2, 0.25) is 0 Å². The molecule has 2 aromatic carbocycles. The summed E-state index contributed by atoms with van der Waals surface area (Å²) in [6.45, 7) is 0. The first-order valence-corrected chi connectivity index (χ1v) is 7.49. The molecule has 0 aromatic heterocycles. The maximum Gasteiger partial charge on any atom is 0.343 e. The molecule has 0 saturated heterocycles. The molecule has 23 heavy (non-hydrogen) atoms. The van der Waals surface area contributed by atoms with Crippen molar-refractivity contribution in [3.8, 4) is 0 Å². The summed E-state index contributed by atoms with van der Waals surface area (Å²) in [6, 6.07) is 13.6. The smallest absolute Gasteiger partial charge is 0.343 e. The molecule has 114 valence electrons. The number of benzene rings is 2. The first kappa shape index (κ1) is 15.2. The maximum atomic E-state index is 12.0. The second-order valence-electron chi connectivity index (χ2n) is 4.82. The van der Waals surface area contributed by atoms with Gasteiger partial charge in [-0.1, -0.05) is 40.2 Å². The molecule has 0 amide bonds. The number of rotatable bonds is 3. The number of nitrogens with zero attached hydrogens (tertiary/aromatic N) is 1. The molecule has 3 rings (SSSR count). The standard InChI is InChI=1S/C17H10BrNO4/c18-14-7-5-11(6-8-14)16-10-13(17(20)23-16)9-12-3-1-2-4-15(12)19(21)22/h1-10H. The highest BCUT2D eigenvalue weighted by atomic mass is 79.9. The molecule has 1 aliphatic heterocycles. The van der Waals surface area contributed by atoms with E-state index in [-0.39, 0.29) is 11.3 Å². The van der Waals surface area contributed by atoms with Crippen molar-refractivity contribution in [2.45, 2.75) is 0 Å². The third kappa shape index (κ3) is 3.22. The minimum absolute atomic E-state index is 0.0571. The van der Waals surface area contributed by atoms with E-state index in [0.29, 0.717) is 11.3 Å². The Balaban J connectivity index is 1.99. The minimum atomic E-state index is -0.527. The van der Waals surface area contributed by atoms with Crippen LogP contribution < -0.4 is 0 Å². The number of hydrogen-bond acceptors (Lipinski definition) is 4. The Morgan fingerprint density at radius 2 is 1.78 bits per heavy atom. The van der Waals surface area contributed by atoms with E-state index >= 15 is 0 Å². The number of hydrogen-bond donors (Lipinski definition) is 0. The van der Waals surface area contributed by atoms with Crippen LogP contribution >= 0.6 is 15.9 Å². The topological polar surface area (TPSA) is 69.4 Å². The van der Waals surface area contributed by atoms with Crippen molar-refractivity contribution in [1.82, 2.24) is 0 Å². The Bertz CT molecular complexity index is 853. The number of nitro benzene ring substituents is 1. The Hall–Kier alpha value is -2.73. The Kier molecular flexibility index (Phi) is 4.08. The Morgan fingerprint density at radius 1 is 1.09 bits per heavy atom. The molecule has 0 fully saturated rings. The van der Waals surface area contributed by atoms with Gasteiger partial charge in [0.25, 0.3) is 5.69 Å². The van der Waals surface area contributed by atoms with Gasteiger partial charge in [0.1, 0.15) is 5.76 Å². The number of cyclic esters (lactones) is 1. The van der Waals surface area contributed by atoms with Gasteiger partial charge < -0.3 is 4.74 Å². The van der Waals surface area contributed by atoms with Crippen LogP contribution in [0.25, 0.3) is 11.8 Å². The Morgan fingerprint density at radius 3 is 2.48 bits per heavy atom. The van der Waals surface area contributed by atoms with Gasteiger partial charge in [-0.3, -0.25) is 10.1 Å². The minimum Gasteiger partial charge on any atom is -0.422 e. The lowest BCUT2D eigenvalue weighted by Crippen LogP contribution is -1.98. The van der Waals surface area contributed by atoms with Crippen LogP contribution in [0.2, 0.25) is 0 Å². The summed E-state index contributed by atoms with van der Waals surface area (Å²) < 4.78 is 6.16. The fourth-order valence-corrected chi connectivity index (χ4v) is 2.45. The van der Waals surface area contributed by atoms with E-state index in [1.807, 2.05) is 24.3 Å². The van der Waals surface area contributed by atoms with E-state index in [1.165, 1.54) is 12.1 Å². The molecule has 0 N–H and O–H groups in total. The number of esters is 1. The Labute approximate surface area is 140 Å². The van der Waals surface area contributed by atoms with Gasteiger partial charge in [-0.2, -0.15) is 0 Å². The number of para-hydroxylation sites is 1. The van der Waals surface area contributed by atoms with Gasteiger partial charge in [0, 0.05) is 16.1 Å². The van der Waals surface area contributed by atoms with Crippen molar-refractivity contribution in [3.05, 3.63) is 85.9 Å². The van der Waals surface area contributed by atoms with Gasteiger partial charge in [-0.25, -0.2) is 4.79 Å². The lowest BCUT2D eigenvalue weighted by molar-refractivity contribution is -0.385. The third-order valence-corrected chi connectivity index (χ3v) is 3.83. The summed E-state index contributed by atoms with van der Waals surface area (Å²) in [5, 5.41) is 11.0. The van der Waals surface area contributed by atoms with E-state index in [2.05, 4.69) is 15.9 Å². The van der Waals surface area contributed by atoms with Crippen molar-refractivity contribution >= 4 is 39.4 Å². The summed E-state index contributed by atoms with van der Waals surface area (Å²) in [4.78, 5) is 22.5. The van der Waals surface area contributed by atoms with Gasteiger partial charge >= 0.3 is 5.97 Å². The van der Waals surface area contributed by atoms with Gasteiger partial charge in [-0.15, -0.1) is 0 Å². The SMILES string of the molecule is O=C1OC(c2ccc(Br)cc2)=CC1=Cc1ccccc1[N+](=O)[O-]. The summed E-state index contributed by atoms with van der Waals surface area (Å²) in [5.74, 6) is -0.103. The molecule has 2 aromatic rings. The fourth-order valence-electron chi connectivity index (χ4n) is 2.19. The molecule has 0 saturated carbocycles. The molecule has 1 heterocycles. The molecule has 0 radical (unpaired) electrons. The highest BCUT2D eigenvalue weighted by Gasteiger charge is 2.23. The largest absolute Gasteiger partial charge is 0.422 e. The van der Waals surface area contributed by atoms with E-state index in [1.54, 1.807) is 24.3 Å². The molecular formula is C17H10BrNO4. The van der Waals surface area contributed by atoms with Crippen molar-refractivity contribution in [1.29, 1.82) is 0 Å². The summed E-state index contributed by atoms with van der Waals surface area (Å²) in [6.07, 6.45) is 3.05. The van der Waals surface area contributed by atoms with E-state index < -0.39 is 10.9 Å². The molecule has 0 atom stereocenters. The molecule has 5 nitrogen and oxygen atoms in total. The second-order valence-corrected chi connectivity index (χ2v) is 5.74. The summed E-state index contributed by atoms with van der Waals surface area (Å²) in [5.41, 5.74) is 1.33. The van der Waals surface area contributed by atoms with Crippen LogP contribution in [0.3, 0.4) is 0 Å². The zero-order valence-electron chi connectivity index (χ0n) is 11.7. The van der Waals surface area contributed by atoms with Crippen LogP contribution in [0.1, 0.15) is 11.1 Å². The zero-order chi connectivity index (χ0) is 16.4. The molecule has 0 unspecified atom stereocenters. The number of halogens is 1. The van der Waals surface area contributed by atoms with Gasteiger partial charge in [0.05, 0.1) is 16.1 Å². The van der Waals surface area contributed by atoms with E-state index in [9.17, 15) is 14.9 Å². The van der Waals surface area contributed by atoms with Crippen molar-refractivity contribution in [2.24, 2.45) is 0 Å². The van der Waals surface area contributed by atoms with E-state index in [0.717, 1.165) is 10.0 Å². The molecule has 0 bridgehead atoms. The highest BCUT2D eigenvalue weighted by Crippen LogP contribution is 2.29. The second kappa shape index (κ2) is 6.18. The van der Waals surface area contributed by atoms with E-state index in [4.69, 9.17) is 4.74 Å². The van der Waals surface area contributed by atoms with Crippen molar-refractivity contribution in [2.75, 3.05) is 0 Å². The van der Waals surface area contributed by atoms with Crippen LogP contribution in [-0.4, -0.2) is 10.9 Å². The van der Waals surface area contributed by atoms with Crippen molar-refractivity contribution in [3.63, 3.8) is 0 Å². The number of carbonyl (C=O) groups is 1. The van der Waals surface area contributed by atoms with Crippen molar-refractivity contribution < 1.29 is 14.5 Å². The number of carbonyl (C=O) groups excluding carboxylic acids is 1. The highest BCUT2D eigenvalue weighted by molar-refractivity contribution is 9.10. The summed E-state index contributed by atoms with van der Waals surface area (Å²) in [7, 11) is 0. The molecule has 0 spiro atoms. The average Bonchev–Trinajstić information content (AvgIpc) is 2.89. The molecule has 1 aliphatic rings. The van der Waals surface area contributed by atoms with Gasteiger partial charge in [-0.05, 0) is 30.4 Å². The molecule has 6 heteroatoms. The molecular weight excluding hydrogens is 362 g/mol. The third-order valence-electron chi connectivity index (χ3n) is 3.30. The fraction of sp³-hybridized carbons (Fsp3) is 0. The predicted molar refractivity (Wildman–Crippen MR) is 89.3 cm³/mol. The van der Waals surface area contributed by atoms with Crippen LogP contribution in [0.5, 0.6) is 0 Å². The number of nitro groups is 1. The monoisotopic (exact) mass is 371 g/mol. The van der Waals surface area contributed by atoms with Crippen LogP contribution in [0, 0.1) is 10.1 Å². The van der Waals surface area contributed by atoms with Gasteiger partial charge in [0.15, 0.2) is 0 Å². The normalized spacial score (nSPS) is 15.4. The number of ether oxygens (including phenoxy) is 1. The first-order chi connectivity index (χ1) is 11.0. The average molecular weight is 372 g/mol. The zero-order valence-corrected chi connectivity index (χ0v) is 13.3. The summed E-state index contributed by atoms with van der Waals surface area (Å²) >= 11 is 3.34. The lowest BCUT2D eigenvalue weighted by atomic mass is 10.1. The van der Waals surface area contributed by atoms with Crippen LogP contribution in [0.4, 0.5) is 5.69 Å². The quantitative estimate of drug-likeness (QED) is 0.348. The molecule has 0 aliphatic carbocycles. The lowest BCUT2D eigenvalue weighted by Gasteiger charge is -2.01. The predicted octanol–water partition coefficient (Wildman–Crippen LogP) is 4.34. The van der Waals surface area contributed by atoms with Crippen LogP contribution in [0.15, 0.2) is 64.7 Å². The first-order valence-electron chi connectivity index (χ1n) is 6.69. The maximum absolute atomic E-state index is 12.0. The van der Waals surface area contributed by atoms with Crippen LogP contribution in [-0.2, 0) is 9.53 Å².